The number of hydrogen-bond acceptors (Lipinski definition) is 6. The lowest BCUT2D eigenvalue weighted by Gasteiger charge is -2.33. The topological polar surface area (TPSA) is 98.6 Å². The minimum Gasteiger partial charge on any atom is -0.493 e. The molecule has 0 radical (unpaired) electrons. The van der Waals surface area contributed by atoms with Crippen LogP contribution >= 0.6 is 0 Å². The number of fused-ring (bicyclic) bond motifs is 1. The van der Waals surface area contributed by atoms with E-state index in [1.807, 2.05) is 97.1 Å². The van der Waals surface area contributed by atoms with Gasteiger partial charge in [0.2, 0.25) is 11.8 Å². The molecule has 0 saturated heterocycles. The van der Waals surface area contributed by atoms with Crippen LogP contribution in [-0.4, -0.2) is 58.5 Å². The second-order valence-electron chi connectivity index (χ2n) is 12.2. The molecule has 1 aliphatic rings. The van der Waals surface area contributed by atoms with Gasteiger partial charge in [-0.05, 0) is 78.9 Å². The van der Waals surface area contributed by atoms with Crippen LogP contribution in [0, 0.1) is 11.8 Å². The maximum absolute atomic E-state index is 14.5. The lowest BCUT2D eigenvalue weighted by atomic mass is 9.94. The highest BCUT2D eigenvalue weighted by Gasteiger charge is 2.33. The van der Waals surface area contributed by atoms with Crippen LogP contribution in [0.15, 0.2) is 97.1 Å². The van der Waals surface area contributed by atoms with E-state index in [-0.39, 0.29) is 30.9 Å². The molecule has 1 N–H and O–H groups in total. The summed E-state index contributed by atoms with van der Waals surface area (Å²) in [4.78, 5) is 30.6. The van der Waals surface area contributed by atoms with Gasteiger partial charge in [0.15, 0.2) is 11.5 Å². The van der Waals surface area contributed by atoms with Crippen molar-refractivity contribution in [2.75, 3.05) is 20.8 Å². The summed E-state index contributed by atoms with van der Waals surface area (Å²) < 4.78 is 12.6. The van der Waals surface area contributed by atoms with Crippen LogP contribution in [0.3, 0.4) is 0 Å². The molecule has 5 aromatic rings. The van der Waals surface area contributed by atoms with E-state index in [2.05, 4.69) is 27.5 Å². The summed E-state index contributed by atoms with van der Waals surface area (Å²) in [5.41, 5.74) is 4.73. The minimum atomic E-state index is -0.900. The predicted octanol–water partition coefficient (Wildman–Crippen LogP) is 6.11. The number of carbonyl (C=O) groups excluding carboxylic acids is 2. The number of ether oxygens (including phenoxy) is 2. The van der Waals surface area contributed by atoms with E-state index in [1.54, 1.807) is 23.8 Å². The van der Waals surface area contributed by atoms with Crippen molar-refractivity contribution in [3.8, 4) is 23.3 Å². The van der Waals surface area contributed by atoms with E-state index >= 15 is 0 Å². The van der Waals surface area contributed by atoms with E-state index in [4.69, 9.17) is 9.47 Å². The lowest BCUT2D eigenvalue weighted by Crippen LogP contribution is -2.48. The number of para-hydroxylation sites is 1. The minimum absolute atomic E-state index is 0.0619. The molecule has 0 bridgehead atoms. The molecule has 1 aromatic heterocycles. The Bertz CT molecular complexity index is 1960. The second-order valence-corrected chi connectivity index (χ2v) is 12.2. The Balaban J connectivity index is 1.38. The molecule has 1 heterocycles. The number of aromatic nitrogens is 3. The van der Waals surface area contributed by atoms with Crippen LogP contribution in [0.2, 0.25) is 0 Å². The second kappa shape index (κ2) is 16.0. The van der Waals surface area contributed by atoms with Crippen molar-refractivity contribution in [2.24, 2.45) is 0 Å². The summed E-state index contributed by atoms with van der Waals surface area (Å²) in [5, 5.41) is 11.8. The van der Waals surface area contributed by atoms with E-state index in [9.17, 15) is 9.59 Å². The number of methoxy groups -OCH3 is 2. The highest BCUT2D eigenvalue weighted by Crippen LogP contribution is 2.30. The van der Waals surface area contributed by atoms with Gasteiger partial charge in [0.1, 0.15) is 18.1 Å². The lowest BCUT2D eigenvalue weighted by molar-refractivity contribution is -0.141. The standard InChI is InChI=1S/C40H41N5O4/c1-48-36-23-22-31(27-37(36)49-2)24-25-44(38(46)28-45-35-19-10-9-18-34(35)42-43-45)39(40(47)41-33-16-7-4-8-17-33)32-15-11-14-30(26-32)21-20-29-12-5-3-6-13-29/h3,5-6,9-15,18-19,22-23,26-27,33,39H,4,7-8,16-17,24-25,28H2,1-2H3,(H,41,47). The number of carbonyl (C=O) groups is 2. The Morgan fingerprint density at radius 3 is 2.39 bits per heavy atom. The molecular formula is C40H41N5O4. The van der Waals surface area contributed by atoms with Crippen LogP contribution in [0.4, 0.5) is 0 Å². The summed E-state index contributed by atoms with van der Waals surface area (Å²) in [6.07, 6.45) is 5.63. The van der Waals surface area contributed by atoms with Gasteiger partial charge in [-0.3, -0.25) is 9.59 Å². The molecule has 2 amide bonds. The number of benzene rings is 4. The van der Waals surface area contributed by atoms with Crippen molar-refractivity contribution < 1.29 is 19.1 Å². The summed E-state index contributed by atoms with van der Waals surface area (Å²) in [7, 11) is 3.19. The highest BCUT2D eigenvalue weighted by atomic mass is 16.5. The molecule has 4 aromatic carbocycles. The molecule has 1 atom stereocenters. The third kappa shape index (κ3) is 8.28. The molecule has 6 rings (SSSR count). The predicted molar refractivity (Wildman–Crippen MR) is 189 cm³/mol. The van der Waals surface area contributed by atoms with E-state index in [1.165, 1.54) is 6.42 Å². The molecule has 1 fully saturated rings. The maximum Gasteiger partial charge on any atom is 0.247 e. The average Bonchev–Trinajstić information content (AvgIpc) is 3.55. The van der Waals surface area contributed by atoms with Gasteiger partial charge in [-0.2, -0.15) is 0 Å². The molecule has 1 saturated carbocycles. The van der Waals surface area contributed by atoms with Gasteiger partial charge in [0, 0.05) is 23.7 Å². The first-order valence-corrected chi connectivity index (χ1v) is 16.8. The van der Waals surface area contributed by atoms with Crippen molar-refractivity contribution in [3.05, 3.63) is 119 Å². The third-order valence-electron chi connectivity index (χ3n) is 8.95. The molecule has 49 heavy (non-hydrogen) atoms. The Kier molecular flexibility index (Phi) is 10.9. The zero-order valence-corrected chi connectivity index (χ0v) is 28.0. The molecule has 9 heteroatoms. The first-order chi connectivity index (χ1) is 24.0. The summed E-state index contributed by atoms with van der Waals surface area (Å²) >= 11 is 0. The van der Waals surface area contributed by atoms with Crippen LogP contribution < -0.4 is 14.8 Å². The SMILES string of the molecule is COc1ccc(CCN(C(=O)Cn2nnc3ccccc32)C(C(=O)NC2CCCCC2)c2cccc(C#Cc3ccccc3)c2)cc1OC. The molecule has 250 valence electrons. The van der Waals surface area contributed by atoms with Gasteiger partial charge in [-0.25, -0.2) is 4.68 Å². The van der Waals surface area contributed by atoms with Crippen molar-refractivity contribution in [2.45, 2.75) is 57.2 Å². The first-order valence-electron chi connectivity index (χ1n) is 16.8. The van der Waals surface area contributed by atoms with Gasteiger partial charge < -0.3 is 19.7 Å². The summed E-state index contributed by atoms with van der Waals surface area (Å²) in [6, 6.07) is 29.8. The van der Waals surface area contributed by atoms with Gasteiger partial charge in [-0.1, -0.05) is 84.8 Å². The third-order valence-corrected chi connectivity index (χ3v) is 8.95. The normalized spacial score (nSPS) is 13.6. The monoisotopic (exact) mass is 655 g/mol. The maximum atomic E-state index is 14.5. The fourth-order valence-electron chi connectivity index (χ4n) is 6.39. The van der Waals surface area contributed by atoms with Crippen molar-refractivity contribution in [1.29, 1.82) is 0 Å². The van der Waals surface area contributed by atoms with E-state index in [0.29, 0.717) is 29.0 Å². The smallest absolute Gasteiger partial charge is 0.247 e. The summed E-state index contributed by atoms with van der Waals surface area (Å²) in [6.45, 7) is 0.191. The Labute approximate surface area is 287 Å². The Morgan fingerprint density at radius 1 is 0.857 bits per heavy atom. The van der Waals surface area contributed by atoms with Crippen molar-refractivity contribution >= 4 is 22.8 Å². The molecular weight excluding hydrogens is 614 g/mol. The van der Waals surface area contributed by atoms with Gasteiger partial charge in [-0.15, -0.1) is 5.10 Å². The largest absolute Gasteiger partial charge is 0.493 e. The zero-order chi connectivity index (χ0) is 34.0. The van der Waals surface area contributed by atoms with Crippen LogP contribution in [0.25, 0.3) is 11.0 Å². The number of nitrogens with one attached hydrogen (secondary N) is 1. The Hall–Kier alpha value is -5.62. The molecule has 9 nitrogen and oxygen atoms in total. The van der Waals surface area contributed by atoms with Crippen molar-refractivity contribution in [3.63, 3.8) is 0 Å². The highest BCUT2D eigenvalue weighted by molar-refractivity contribution is 5.89. The first kappa shape index (κ1) is 33.3. The van der Waals surface area contributed by atoms with E-state index in [0.717, 1.165) is 47.9 Å². The van der Waals surface area contributed by atoms with Gasteiger partial charge >= 0.3 is 0 Å². The molecule has 0 aliphatic heterocycles. The number of nitrogens with zero attached hydrogens (tertiary/aromatic N) is 4. The summed E-state index contributed by atoms with van der Waals surface area (Å²) in [5.74, 6) is 7.23. The average molecular weight is 656 g/mol. The van der Waals surface area contributed by atoms with Crippen LogP contribution in [0.5, 0.6) is 11.5 Å². The molecule has 1 unspecified atom stereocenters. The van der Waals surface area contributed by atoms with Crippen LogP contribution in [0.1, 0.15) is 60.4 Å². The van der Waals surface area contributed by atoms with Gasteiger partial charge in [0.25, 0.3) is 0 Å². The fourth-order valence-corrected chi connectivity index (χ4v) is 6.39. The number of rotatable bonds is 11. The quantitative estimate of drug-likeness (QED) is 0.173. The van der Waals surface area contributed by atoms with Gasteiger partial charge in [0.05, 0.1) is 19.7 Å². The van der Waals surface area contributed by atoms with Crippen LogP contribution in [-0.2, 0) is 22.6 Å². The fraction of sp³-hybridized carbons (Fsp3) is 0.300. The van der Waals surface area contributed by atoms with Crippen molar-refractivity contribution in [1.82, 2.24) is 25.2 Å². The molecule has 1 aliphatic carbocycles. The van der Waals surface area contributed by atoms with E-state index < -0.39 is 6.04 Å². The number of amides is 2. The Morgan fingerprint density at radius 2 is 1.59 bits per heavy atom. The molecule has 0 spiro atoms. The zero-order valence-electron chi connectivity index (χ0n) is 28.0. The number of hydrogen-bond donors (Lipinski definition) is 1.